The number of nitrogens with zero attached hydrogens (tertiary/aromatic N) is 8. The summed E-state index contributed by atoms with van der Waals surface area (Å²) in [5.74, 6) is -0.570. The summed E-state index contributed by atoms with van der Waals surface area (Å²) in [6.07, 6.45) is 3.14. The predicted octanol–water partition coefficient (Wildman–Crippen LogP) is 1.33. The molecule has 0 bridgehead atoms. The maximum Gasteiger partial charge on any atom is 0.327 e. The standard InChI is InChI=1S/C17H16ClFN8O2/c18-13-2-1-12(19)7-14(13)25-3-5-26(6-4-25)17-20-8-11(9-21-17)16-22-24-27(23-16)10-15(28)29/h1-2,7-9H,3-6,10H2,(H,28,29). The minimum atomic E-state index is -1.06. The molecular formula is C17H16ClFN8O2. The lowest BCUT2D eigenvalue weighted by Crippen LogP contribution is -2.47. The Hall–Kier alpha value is -3.34. The Balaban J connectivity index is 1.41. The topological polar surface area (TPSA) is 113 Å². The summed E-state index contributed by atoms with van der Waals surface area (Å²) in [6, 6.07) is 4.33. The summed E-state index contributed by atoms with van der Waals surface area (Å²) < 4.78 is 13.5. The fourth-order valence-electron chi connectivity index (χ4n) is 3.02. The van der Waals surface area contributed by atoms with Crippen LogP contribution in [0.1, 0.15) is 0 Å². The molecule has 10 nitrogen and oxygen atoms in total. The summed E-state index contributed by atoms with van der Waals surface area (Å²) in [4.78, 5) is 24.4. The molecule has 0 amide bonds. The third-order valence-corrected chi connectivity index (χ3v) is 4.76. The maximum atomic E-state index is 13.5. The third kappa shape index (κ3) is 4.24. The Morgan fingerprint density at radius 3 is 2.52 bits per heavy atom. The van der Waals surface area contributed by atoms with Crippen molar-refractivity contribution in [1.82, 2.24) is 30.2 Å². The first-order valence-electron chi connectivity index (χ1n) is 8.76. The molecule has 29 heavy (non-hydrogen) atoms. The smallest absolute Gasteiger partial charge is 0.327 e. The van der Waals surface area contributed by atoms with Gasteiger partial charge in [0.25, 0.3) is 0 Å². The highest BCUT2D eigenvalue weighted by Gasteiger charge is 2.21. The molecule has 3 aromatic rings. The minimum Gasteiger partial charge on any atom is -0.480 e. The number of carbonyl (C=O) groups is 1. The maximum absolute atomic E-state index is 13.5. The van der Waals surface area contributed by atoms with Crippen LogP contribution in [0.2, 0.25) is 5.02 Å². The van der Waals surface area contributed by atoms with Crippen molar-refractivity contribution in [3.63, 3.8) is 0 Å². The fraction of sp³-hybridized carbons (Fsp3) is 0.294. The summed E-state index contributed by atoms with van der Waals surface area (Å²) in [5, 5.41) is 20.8. The molecule has 0 atom stereocenters. The predicted molar refractivity (Wildman–Crippen MR) is 102 cm³/mol. The van der Waals surface area contributed by atoms with Crippen LogP contribution in [0.15, 0.2) is 30.6 Å². The molecule has 4 rings (SSSR count). The van der Waals surface area contributed by atoms with Crippen LogP contribution in [0, 0.1) is 5.82 Å². The van der Waals surface area contributed by atoms with Gasteiger partial charge in [-0.2, -0.15) is 4.80 Å². The van der Waals surface area contributed by atoms with Crippen LogP contribution >= 0.6 is 11.6 Å². The number of tetrazole rings is 1. The Morgan fingerprint density at radius 1 is 1.14 bits per heavy atom. The molecule has 1 fully saturated rings. The first kappa shape index (κ1) is 19.0. The number of carboxylic acids is 1. The third-order valence-electron chi connectivity index (χ3n) is 4.44. The van der Waals surface area contributed by atoms with Crippen molar-refractivity contribution in [2.75, 3.05) is 36.0 Å². The Labute approximate surface area is 169 Å². The Bertz CT molecular complexity index is 1020. The van der Waals surface area contributed by atoms with Crippen molar-refractivity contribution in [1.29, 1.82) is 0 Å². The van der Waals surface area contributed by atoms with Gasteiger partial charge in [0.15, 0.2) is 6.54 Å². The molecule has 2 aromatic heterocycles. The molecule has 1 aromatic carbocycles. The zero-order valence-electron chi connectivity index (χ0n) is 15.1. The van der Waals surface area contributed by atoms with E-state index in [2.05, 4.69) is 25.4 Å². The van der Waals surface area contributed by atoms with Gasteiger partial charge in [-0.1, -0.05) is 11.6 Å². The van der Waals surface area contributed by atoms with E-state index in [0.717, 1.165) is 4.80 Å². The van der Waals surface area contributed by atoms with Crippen LogP contribution in [-0.2, 0) is 11.3 Å². The number of hydrogen-bond acceptors (Lipinski definition) is 8. The Kier molecular flexibility index (Phi) is 5.21. The number of piperazine rings is 1. The van der Waals surface area contributed by atoms with Gasteiger partial charge in [-0.15, -0.1) is 10.2 Å². The highest BCUT2D eigenvalue weighted by atomic mass is 35.5. The number of aromatic nitrogens is 6. The quantitative estimate of drug-likeness (QED) is 0.655. The van der Waals surface area contributed by atoms with E-state index >= 15 is 0 Å². The van der Waals surface area contributed by atoms with Gasteiger partial charge in [-0.05, 0) is 23.4 Å². The van der Waals surface area contributed by atoms with Crippen molar-refractivity contribution in [2.24, 2.45) is 0 Å². The van der Waals surface area contributed by atoms with Crippen LogP contribution < -0.4 is 9.80 Å². The average Bonchev–Trinajstić information content (AvgIpc) is 3.18. The normalized spacial score (nSPS) is 14.3. The lowest BCUT2D eigenvalue weighted by Gasteiger charge is -2.36. The first-order valence-corrected chi connectivity index (χ1v) is 9.14. The van der Waals surface area contributed by atoms with Gasteiger partial charge in [-0.25, -0.2) is 14.4 Å². The van der Waals surface area contributed by atoms with Crippen LogP contribution in [0.25, 0.3) is 11.4 Å². The van der Waals surface area contributed by atoms with Gasteiger partial charge >= 0.3 is 5.97 Å². The zero-order chi connectivity index (χ0) is 20.4. The second kappa shape index (κ2) is 7.95. The molecule has 0 radical (unpaired) electrons. The monoisotopic (exact) mass is 418 g/mol. The summed E-state index contributed by atoms with van der Waals surface area (Å²) in [5.41, 5.74) is 1.22. The van der Waals surface area contributed by atoms with Crippen molar-refractivity contribution >= 4 is 29.2 Å². The van der Waals surface area contributed by atoms with Gasteiger partial charge in [0.2, 0.25) is 11.8 Å². The van der Waals surface area contributed by atoms with E-state index < -0.39 is 5.97 Å². The molecular weight excluding hydrogens is 403 g/mol. The van der Waals surface area contributed by atoms with Crippen LogP contribution in [0.4, 0.5) is 16.0 Å². The Morgan fingerprint density at radius 2 is 1.83 bits per heavy atom. The van der Waals surface area contributed by atoms with E-state index in [1.807, 2.05) is 9.80 Å². The minimum absolute atomic E-state index is 0.253. The SMILES string of the molecule is O=C(O)Cn1nnc(-c2cnc(N3CCN(c4cc(F)ccc4Cl)CC3)nc2)n1. The van der Waals surface area contributed by atoms with Gasteiger partial charge in [0.05, 0.1) is 16.3 Å². The average molecular weight is 419 g/mol. The molecule has 1 N–H and O–H groups in total. The van der Waals surface area contributed by atoms with Gasteiger partial charge in [0.1, 0.15) is 5.82 Å². The molecule has 1 aliphatic rings. The number of aliphatic carboxylic acids is 1. The highest BCUT2D eigenvalue weighted by molar-refractivity contribution is 6.33. The van der Waals surface area contributed by atoms with E-state index in [1.165, 1.54) is 12.1 Å². The number of hydrogen-bond donors (Lipinski definition) is 1. The second-order valence-corrected chi connectivity index (χ2v) is 6.79. The molecule has 1 aliphatic heterocycles. The second-order valence-electron chi connectivity index (χ2n) is 6.38. The van der Waals surface area contributed by atoms with Gasteiger partial charge in [0, 0.05) is 38.6 Å². The molecule has 150 valence electrons. The van der Waals surface area contributed by atoms with E-state index in [9.17, 15) is 9.18 Å². The molecule has 0 spiro atoms. The van der Waals surface area contributed by atoms with Crippen molar-refractivity contribution < 1.29 is 14.3 Å². The van der Waals surface area contributed by atoms with Crippen LogP contribution in [0.3, 0.4) is 0 Å². The largest absolute Gasteiger partial charge is 0.480 e. The lowest BCUT2D eigenvalue weighted by atomic mass is 10.2. The van der Waals surface area contributed by atoms with E-state index in [1.54, 1.807) is 18.5 Å². The summed E-state index contributed by atoms with van der Waals surface area (Å²) in [6.45, 7) is 2.24. The number of rotatable bonds is 5. The summed E-state index contributed by atoms with van der Waals surface area (Å²) in [7, 11) is 0. The highest BCUT2D eigenvalue weighted by Crippen LogP contribution is 2.28. The van der Waals surface area contributed by atoms with E-state index in [0.29, 0.717) is 48.4 Å². The number of carboxylic acid groups (broad SMARTS) is 1. The molecule has 0 aliphatic carbocycles. The summed E-state index contributed by atoms with van der Waals surface area (Å²) >= 11 is 6.19. The van der Waals surface area contributed by atoms with Crippen molar-refractivity contribution in [3.8, 4) is 11.4 Å². The van der Waals surface area contributed by atoms with Gasteiger partial charge in [-0.3, -0.25) is 4.79 Å². The number of benzene rings is 1. The van der Waals surface area contributed by atoms with Crippen molar-refractivity contribution in [3.05, 3.63) is 41.4 Å². The van der Waals surface area contributed by atoms with Crippen LogP contribution in [0.5, 0.6) is 0 Å². The van der Waals surface area contributed by atoms with Gasteiger partial charge < -0.3 is 14.9 Å². The molecule has 3 heterocycles. The van der Waals surface area contributed by atoms with E-state index in [-0.39, 0.29) is 18.2 Å². The van der Waals surface area contributed by atoms with E-state index in [4.69, 9.17) is 16.7 Å². The lowest BCUT2D eigenvalue weighted by molar-refractivity contribution is -0.138. The molecule has 0 unspecified atom stereocenters. The first-order chi connectivity index (χ1) is 14.0. The number of halogens is 2. The molecule has 12 heteroatoms. The zero-order valence-corrected chi connectivity index (χ0v) is 15.9. The number of anilines is 2. The van der Waals surface area contributed by atoms with Crippen LogP contribution in [-0.4, -0.2) is 67.4 Å². The fourth-order valence-corrected chi connectivity index (χ4v) is 3.26. The molecule has 1 saturated heterocycles. The van der Waals surface area contributed by atoms with Crippen molar-refractivity contribution in [2.45, 2.75) is 6.54 Å². The molecule has 0 saturated carbocycles.